The smallest absolute Gasteiger partial charge is 0.332 e. The van der Waals surface area contributed by atoms with Gasteiger partial charge in [0.1, 0.15) is 17.0 Å². The summed E-state index contributed by atoms with van der Waals surface area (Å²) in [6.45, 7) is 6.37. The van der Waals surface area contributed by atoms with Gasteiger partial charge < -0.3 is 10.1 Å². The van der Waals surface area contributed by atoms with Gasteiger partial charge in [-0.05, 0) is 49.4 Å². The molecule has 1 atom stereocenters. The van der Waals surface area contributed by atoms with Gasteiger partial charge in [0, 0.05) is 6.04 Å². The zero-order valence-electron chi connectivity index (χ0n) is 16.8. The normalized spacial score (nSPS) is 12.1. The molecule has 1 amide bonds. The first kappa shape index (κ1) is 20.9. The number of hydrogen-bond acceptors (Lipinski definition) is 5. The fraction of sp³-hybridized carbons (Fsp3) is 0.381. The lowest BCUT2D eigenvalue weighted by atomic mass is 10.2. The molecule has 0 spiro atoms. The van der Waals surface area contributed by atoms with Crippen molar-refractivity contribution < 1.29 is 9.53 Å². The Morgan fingerprint density at radius 3 is 2.52 bits per heavy atom. The topological polar surface area (TPSA) is 82.3 Å². The second-order valence-corrected chi connectivity index (χ2v) is 7.76. The summed E-state index contributed by atoms with van der Waals surface area (Å²) in [6.07, 6.45) is 0.797. The third-order valence-corrected chi connectivity index (χ3v) is 5.62. The molecule has 0 saturated carbocycles. The minimum Gasteiger partial charge on any atom is -0.494 e. The van der Waals surface area contributed by atoms with Crippen LogP contribution in [0.1, 0.15) is 32.8 Å². The minimum absolute atomic E-state index is 0.0194. The third-order valence-electron chi connectivity index (χ3n) is 4.73. The van der Waals surface area contributed by atoms with Crippen LogP contribution in [0, 0.1) is 0 Å². The lowest BCUT2D eigenvalue weighted by Crippen LogP contribution is -2.43. The number of benzene rings is 1. The molecule has 0 radical (unpaired) electrons. The standard InChI is InChI=1S/C21H25N3O4S/c1-4-14(3)22-18(25)13-23-17-10-11-29-19(17)20(26)24(21(23)27)12-15-6-8-16(9-7-15)28-5-2/h6-11,14H,4-5,12-13H2,1-3H3,(H,22,25)/t14-/m0/s1. The van der Waals surface area contributed by atoms with Crippen molar-refractivity contribution in [2.75, 3.05) is 6.61 Å². The van der Waals surface area contributed by atoms with E-state index in [0.717, 1.165) is 17.7 Å². The van der Waals surface area contributed by atoms with Crippen molar-refractivity contribution in [2.24, 2.45) is 0 Å². The predicted octanol–water partition coefficient (Wildman–Crippen LogP) is 2.59. The van der Waals surface area contributed by atoms with E-state index in [1.54, 1.807) is 11.4 Å². The molecule has 1 N–H and O–H groups in total. The molecule has 2 aromatic heterocycles. The maximum absolute atomic E-state index is 13.1. The first-order chi connectivity index (χ1) is 13.9. The van der Waals surface area contributed by atoms with E-state index in [1.165, 1.54) is 20.5 Å². The number of nitrogens with zero attached hydrogens (tertiary/aromatic N) is 2. The Balaban J connectivity index is 1.98. The second kappa shape index (κ2) is 9.09. The molecule has 0 aliphatic rings. The average Bonchev–Trinajstić information content (AvgIpc) is 3.20. The number of fused-ring (bicyclic) bond motifs is 1. The van der Waals surface area contributed by atoms with Crippen LogP contribution in [0.3, 0.4) is 0 Å². The molecule has 0 aliphatic heterocycles. The molecule has 0 aliphatic carbocycles. The number of rotatable bonds is 8. The van der Waals surface area contributed by atoms with Gasteiger partial charge in [0.25, 0.3) is 5.56 Å². The van der Waals surface area contributed by atoms with Crippen LogP contribution < -0.4 is 21.3 Å². The highest BCUT2D eigenvalue weighted by Crippen LogP contribution is 2.16. The summed E-state index contributed by atoms with van der Waals surface area (Å²) >= 11 is 1.27. The molecule has 3 aromatic rings. The Labute approximate surface area is 172 Å². The van der Waals surface area contributed by atoms with Gasteiger partial charge in [0.15, 0.2) is 0 Å². The summed E-state index contributed by atoms with van der Waals surface area (Å²) in [5.41, 5.74) is 0.466. The molecule has 2 heterocycles. The van der Waals surface area contributed by atoms with E-state index in [2.05, 4.69) is 5.32 Å². The summed E-state index contributed by atoms with van der Waals surface area (Å²) in [6, 6.07) is 9.01. The monoisotopic (exact) mass is 415 g/mol. The Bertz CT molecular complexity index is 1110. The van der Waals surface area contributed by atoms with Crippen molar-refractivity contribution in [1.82, 2.24) is 14.5 Å². The summed E-state index contributed by atoms with van der Waals surface area (Å²) < 4.78 is 8.46. The van der Waals surface area contributed by atoms with E-state index in [9.17, 15) is 14.4 Å². The van der Waals surface area contributed by atoms with Crippen molar-refractivity contribution in [3.63, 3.8) is 0 Å². The summed E-state index contributed by atoms with van der Waals surface area (Å²) in [7, 11) is 0. The highest BCUT2D eigenvalue weighted by atomic mass is 32.1. The van der Waals surface area contributed by atoms with Crippen molar-refractivity contribution in [1.29, 1.82) is 0 Å². The number of nitrogens with one attached hydrogen (secondary N) is 1. The zero-order valence-corrected chi connectivity index (χ0v) is 17.6. The average molecular weight is 416 g/mol. The van der Waals surface area contributed by atoms with Crippen LogP contribution in [0.4, 0.5) is 0 Å². The van der Waals surface area contributed by atoms with Crippen molar-refractivity contribution >= 4 is 27.5 Å². The molecular formula is C21H25N3O4S. The summed E-state index contributed by atoms with van der Waals surface area (Å²) in [5, 5.41) is 4.63. The van der Waals surface area contributed by atoms with E-state index >= 15 is 0 Å². The van der Waals surface area contributed by atoms with Gasteiger partial charge in [-0.15, -0.1) is 11.3 Å². The van der Waals surface area contributed by atoms with Crippen LogP contribution in [0.15, 0.2) is 45.3 Å². The molecule has 1 aromatic carbocycles. The Morgan fingerprint density at radius 1 is 1.14 bits per heavy atom. The summed E-state index contributed by atoms with van der Waals surface area (Å²) in [5.74, 6) is 0.483. The Morgan fingerprint density at radius 2 is 1.86 bits per heavy atom. The van der Waals surface area contributed by atoms with Gasteiger partial charge in [-0.1, -0.05) is 19.1 Å². The molecule has 29 heavy (non-hydrogen) atoms. The number of carbonyl (C=O) groups is 1. The van der Waals surface area contributed by atoms with Crippen LogP contribution >= 0.6 is 11.3 Å². The first-order valence-electron chi connectivity index (χ1n) is 9.66. The van der Waals surface area contributed by atoms with Crippen molar-refractivity contribution in [2.45, 2.75) is 46.3 Å². The van der Waals surface area contributed by atoms with Crippen LogP contribution in [-0.4, -0.2) is 27.7 Å². The number of amides is 1. The van der Waals surface area contributed by atoms with Crippen molar-refractivity contribution in [3.8, 4) is 5.75 Å². The van der Waals surface area contributed by atoms with Gasteiger partial charge in [-0.25, -0.2) is 4.79 Å². The maximum Gasteiger partial charge on any atom is 0.332 e. The maximum atomic E-state index is 13.1. The highest BCUT2D eigenvalue weighted by molar-refractivity contribution is 7.17. The quantitative estimate of drug-likeness (QED) is 0.613. The van der Waals surface area contributed by atoms with Crippen LogP contribution in [0.25, 0.3) is 10.2 Å². The van der Waals surface area contributed by atoms with Gasteiger partial charge in [-0.2, -0.15) is 0 Å². The molecule has 8 heteroatoms. The fourth-order valence-electron chi connectivity index (χ4n) is 3.03. The number of ether oxygens (including phenoxy) is 1. The van der Waals surface area contributed by atoms with E-state index < -0.39 is 5.69 Å². The van der Waals surface area contributed by atoms with Gasteiger partial charge in [0.2, 0.25) is 5.91 Å². The Hall–Kier alpha value is -2.87. The Kier molecular flexibility index (Phi) is 6.53. The molecule has 154 valence electrons. The molecule has 0 unspecified atom stereocenters. The molecular weight excluding hydrogens is 390 g/mol. The van der Waals surface area contributed by atoms with Gasteiger partial charge in [0.05, 0.1) is 18.7 Å². The number of hydrogen-bond donors (Lipinski definition) is 1. The molecule has 7 nitrogen and oxygen atoms in total. The van der Waals surface area contributed by atoms with E-state index in [-0.39, 0.29) is 30.6 Å². The van der Waals surface area contributed by atoms with E-state index in [1.807, 2.05) is 45.0 Å². The number of carbonyl (C=O) groups excluding carboxylic acids is 1. The van der Waals surface area contributed by atoms with Gasteiger partial charge >= 0.3 is 5.69 Å². The first-order valence-corrected chi connectivity index (χ1v) is 10.5. The fourth-order valence-corrected chi connectivity index (χ4v) is 3.87. The van der Waals surface area contributed by atoms with E-state index in [0.29, 0.717) is 16.8 Å². The molecule has 0 saturated heterocycles. The van der Waals surface area contributed by atoms with Gasteiger partial charge in [-0.3, -0.25) is 18.7 Å². The summed E-state index contributed by atoms with van der Waals surface area (Å²) in [4.78, 5) is 38.4. The SMILES string of the molecule is CCOc1ccc(Cn2c(=O)c3sccc3n(CC(=O)N[C@@H](C)CC)c2=O)cc1. The van der Waals surface area contributed by atoms with Crippen LogP contribution in [0.2, 0.25) is 0 Å². The molecule has 3 rings (SSSR count). The van der Waals surface area contributed by atoms with Crippen LogP contribution in [0.5, 0.6) is 5.75 Å². The van der Waals surface area contributed by atoms with E-state index in [4.69, 9.17) is 4.74 Å². The second-order valence-electron chi connectivity index (χ2n) is 6.85. The molecule has 0 fully saturated rings. The number of thiophene rings is 1. The highest BCUT2D eigenvalue weighted by Gasteiger charge is 2.17. The zero-order chi connectivity index (χ0) is 21.0. The minimum atomic E-state index is -0.492. The predicted molar refractivity (Wildman–Crippen MR) is 115 cm³/mol. The third kappa shape index (κ3) is 4.59. The number of aromatic nitrogens is 2. The lowest BCUT2D eigenvalue weighted by molar-refractivity contribution is -0.122. The van der Waals surface area contributed by atoms with Crippen molar-refractivity contribution in [3.05, 3.63) is 62.1 Å². The molecule has 0 bridgehead atoms. The largest absolute Gasteiger partial charge is 0.494 e. The lowest BCUT2D eigenvalue weighted by Gasteiger charge is -2.15. The van der Waals surface area contributed by atoms with Crippen LogP contribution in [-0.2, 0) is 17.9 Å².